The number of rotatable bonds is 9. The van der Waals surface area contributed by atoms with Crippen LogP contribution in [-0.2, 0) is 21.9 Å². The van der Waals surface area contributed by atoms with Gasteiger partial charge >= 0.3 is 6.03 Å². The lowest BCUT2D eigenvalue weighted by molar-refractivity contribution is 0.261. The molecule has 1 fully saturated rings. The van der Waals surface area contributed by atoms with Gasteiger partial charge in [-0.05, 0) is 68.0 Å². The van der Waals surface area contributed by atoms with Crippen molar-refractivity contribution < 1.29 is 22.7 Å². The van der Waals surface area contributed by atoms with Crippen LogP contribution in [0.4, 0.5) is 16.3 Å². The van der Waals surface area contributed by atoms with Gasteiger partial charge in [0.25, 0.3) is 0 Å². The van der Waals surface area contributed by atoms with Gasteiger partial charge in [-0.25, -0.2) is 17.9 Å². The summed E-state index contributed by atoms with van der Waals surface area (Å²) >= 11 is 0. The molecule has 1 aromatic heterocycles. The van der Waals surface area contributed by atoms with Crippen molar-refractivity contribution in [3.63, 3.8) is 0 Å². The van der Waals surface area contributed by atoms with Crippen molar-refractivity contribution in [2.24, 2.45) is 5.92 Å². The molecule has 0 saturated carbocycles. The lowest BCUT2D eigenvalue weighted by atomic mass is 9.90. The molecule has 2 amide bonds. The molecule has 3 aromatic carbocycles. The Morgan fingerprint density at radius 3 is 2.24 bits per heavy atom. The average molecular weight is 646 g/mol. The molecule has 2 heterocycles. The van der Waals surface area contributed by atoms with Crippen molar-refractivity contribution in [2.45, 2.75) is 57.3 Å². The van der Waals surface area contributed by atoms with Crippen LogP contribution < -0.4 is 20.1 Å². The van der Waals surface area contributed by atoms with E-state index in [-0.39, 0.29) is 22.3 Å². The fourth-order valence-corrected chi connectivity index (χ4v) is 7.09. The Morgan fingerprint density at radius 1 is 0.913 bits per heavy atom. The van der Waals surface area contributed by atoms with Gasteiger partial charge in [-0.2, -0.15) is 9.40 Å². The molecule has 1 saturated heterocycles. The average Bonchev–Trinajstić information content (AvgIpc) is 3.46. The number of aryl methyl sites for hydroxylation is 1. The zero-order valence-corrected chi connectivity index (χ0v) is 28.1. The van der Waals surface area contributed by atoms with Crippen molar-refractivity contribution in [3.8, 4) is 17.2 Å². The van der Waals surface area contributed by atoms with Gasteiger partial charge in [0.05, 0.1) is 30.5 Å². The van der Waals surface area contributed by atoms with E-state index < -0.39 is 10.0 Å². The first-order valence-electron chi connectivity index (χ1n) is 15.4. The Morgan fingerprint density at radius 2 is 1.59 bits per heavy atom. The lowest BCUT2D eigenvalue weighted by Gasteiger charge is -2.31. The zero-order valence-electron chi connectivity index (χ0n) is 27.3. The van der Waals surface area contributed by atoms with Gasteiger partial charge in [-0.15, -0.1) is 0 Å². The second-order valence-electron chi connectivity index (χ2n) is 12.7. The number of nitrogens with one attached hydrogen (secondary N) is 2. The van der Waals surface area contributed by atoms with Crippen molar-refractivity contribution in [1.29, 1.82) is 0 Å². The molecule has 11 heteroatoms. The van der Waals surface area contributed by atoms with E-state index in [1.807, 2.05) is 61.5 Å². The normalized spacial score (nSPS) is 14.6. The number of nitrogens with zero attached hydrogens (tertiary/aromatic N) is 3. The van der Waals surface area contributed by atoms with Crippen molar-refractivity contribution >= 4 is 27.6 Å². The van der Waals surface area contributed by atoms with Gasteiger partial charge < -0.3 is 14.8 Å². The van der Waals surface area contributed by atoms with E-state index in [2.05, 4.69) is 31.4 Å². The summed E-state index contributed by atoms with van der Waals surface area (Å²) in [5.41, 5.74) is 4.38. The van der Waals surface area contributed by atoms with Crippen LogP contribution >= 0.6 is 0 Å². The molecule has 0 radical (unpaired) electrons. The van der Waals surface area contributed by atoms with E-state index in [0.29, 0.717) is 43.2 Å². The fraction of sp³-hybridized carbons (Fsp3) is 0.371. The minimum Gasteiger partial charge on any atom is -0.493 e. The number of hydrogen-bond donors (Lipinski definition) is 2. The number of benzene rings is 3. The molecule has 0 spiro atoms. The largest absolute Gasteiger partial charge is 0.493 e. The summed E-state index contributed by atoms with van der Waals surface area (Å²) in [6.45, 7) is 9.12. The minimum atomic E-state index is -3.68. The Labute approximate surface area is 271 Å². The standard InChI is InChI=1S/C35H43N5O5S/c1-24-11-13-27(14-12-24)40-33(23-32(38-40)35(2,3)4)37-34(41)36-29-10-8-7-9-26(29)21-25-17-19-39(20-18-25)46(42,43)28-15-16-30(44-5)31(22-28)45-6/h7-16,22-23,25H,17-21H2,1-6H3,(H2,36,37,41). The third-order valence-corrected chi connectivity index (χ3v) is 10.2. The number of anilines is 2. The highest BCUT2D eigenvalue weighted by Gasteiger charge is 2.30. The van der Waals surface area contributed by atoms with E-state index in [4.69, 9.17) is 14.6 Å². The van der Waals surface area contributed by atoms with E-state index in [9.17, 15) is 13.2 Å². The molecule has 46 heavy (non-hydrogen) atoms. The maximum Gasteiger partial charge on any atom is 0.324 e. The maximum atomic E-state index is 13.4. The van der Waals surface area contributed by atoms with Crippen molar-refractivity contribution in [3.05, 3.63) is 89.6 Å². The van der Waals surface area contributed by atoms with E-state index in [1.54, 1.807) is 16.8 Å². The molecule has 0 bridgehead atoms. The maximum absolute atomic E-state index is 13.4. The quantitative estimate of drug-likeness (QED) is 0.207. The molecular formula is C35H43N5O5S. The van der Waals surface area contributed by atoms with E-state index in [1.165, 1.54) is 24.6 Å². The second-order valence-corrected chi connectivity index (χ2v) is 14.7. The van der Waals surface area contributed by atoms with Crippen LogP contribution in [0, 0.1) is 12.8 Å². The van der Waals surface area contributed by atoms with Crippen LogP contribution in [-0.4, -0.2) is 55.8 Å². The lowest BCUT2D eigenvalue weighted by Crippen LogP contribution is -2.38. The highest BCUT2D eigenvalue weighted by molar-refractivity contribution is 7.89. The first-order chi connectivity index (χ1) is 21.9. The number of aromatic nitrogens is 2. The third-order valence-electron chi connectivity index (χ3n) is 8.34. The summed E-state index contributed by atoms with van der Waals surface area (Å²) < 4.78 is 40.7. The number of para-hydroxylation sites is 1. The van der Waals surface area contributed by atoms with Crippen LogP contribution in [0.2, 0.25) is 0 Å². The number of ether oxygens (including phenoxy) is 2. The number of methoxy groups -OCH3 is 2. The van der Waals surface area contributed by atoms with Crippen molar-refractivity contribution in [1.82, 2.24) is 14.1 Å². The van der Waals surface area contributed by atoms with Crippen LogP contribution in [0.15, 0.2) is 77.7 Å². The number of urea groups is 1. The third kappa shape index (κ3) is 7.37. The Kier molecular flexibility index (Phi) is 9.74. The first kappa shape index (κ1) is 33.0. The number of piperidine rings is 1. The van der Waals surface area contributed by atoms with Gasteiger partial charge in [0, 0.05) is 36.3 Å². The topological polar surface area (TPSA) is 115 Å². The molecule has 5 rings (SSSR count). The minimum absolute atomic E-state index is 0.183. The highest BCUT2D eigenvalue weighted by Crippen LogP contribution is 2.33. The second kappa shape index (κ2) is 13.6. The van der Waals surface area contributed by atoms with Crippen LogP contribution in [0.25, 0.3) is 5.69 Å². The number of sulfonamides is 1. The van der Waals surface area contributed by atoms with Crippen molar-refractivity contribution in [2.75, 3.05) is 37.9 Å². The van der Waals surface area contributed by atoms with Crippen LogP contribution in [0.3, 0.4) is 0 Å². The predicted molar refractivity (Wildman–Crippen MR) is 181 cm³/mol. The molecule has 1 aliphatic heterocycles. The molecule has 244 valence electrons. The molecule has 1 aliphatic rings. The summed E-state index contributed by atoms with van der Waals surface area (Å²) in [7, 11) is -0.677. The molecule has 10 nitrogen and oxygen atoms in total. The fourth-order valence-electron chi connectivity index (χ4n) is 5.60. The summed E-state index contributed by atoms with van der Waals surface area (Å²) in [6, 6.07) is 22.0. The zero-order chi connectivity index (χ0) is 33.1. The Bertz CT molecular complexity index is 1790. The number of amides is 2. The summed E-state index contributed by atoms with van der Waals surface area (Å²) in [5.74, 6) is 1.69. The van der Waals surface area contributed by atoms with E-state index in [0.717, 1.165) is 34.6 Å². The molecule has 0 aliphatic carbocycles. The number of hydrogen-bond acceptors (Lipinski definition) is 6. The smallest absolute Gasteiger partial charge is 0.324 e. The summed E-state index contributed by atoms with van der Waals surface area (Å²) in [6.07, 6.45) is 2.13. The first-order valence-corrected chi connectivity index (χ1v) is 16.9. The number of carbonyl (C=O) groups excluding carboxylic acids is 1. The molecule has 0 atom stereocenters. The number of carbonyl (C=O) groups is 1. The summed E-state index contributed by atoms with van der Waals surface area (Å²) in [4.78, 5) is 13.5. The highest BCUT2D eigenvalue weighted by atomic mass is 32.2. The van der Waals surface area contributed by atoms with Gasteiger partial charge in [-0.1, -0.05) is 56.7 Å². The monoisotopic (exact) mass is 645 g/mol. The summed E-state index contributed by atoms with van der Waals surface area (Å²) in [5, 5.41) is 10.9. The molecular weight excluding hydrogens is 602 g/mol. The van der Waals surface area contributed by atoms with Gasteiger partial charge in [-0.3, -0.25) is 5.32 Å². The van der Waals surface area contributed by atoms with E-state index >= 15 is 0 Å². The van der Waals surface area contributed by atoms with Gasteiger partial charge in [0.2, 0.25) is 10.0 Å². The molecule has 2 N–H and O–H groups in total. The SMILES string of the molecule is COc1ccc(S(=O)(=O)N2CCC(Cc3ccccc3NC(=O)Nc3cc(C(C)(C)C)nn3-c3ccc(C)cc3)CC2)cc1OC. The van der Waals surface area contributed by atoms with Gasteiger partial charge in [0.1, 0.15) is 5.82 Å². The molecule has 0 unspecified atom stereocenters. The molecule has 4 aromatic rings. The van der Waals surface area contributed by atoms with Gasteiger partial charge in [0.15, 0.2) is 11.5 Å². The van der Waals surface area contributed by atoms with Crippen LogP contribution in [0.5, 0.6) is 11.5 Å². The Balaban J connectivity index is 1.25. The predicted octanol–water partition coefficient (Wildman–Crippen LogP) is 6.78. The Hall–Kier alpha value is -4.35. The van der Waals surface area contributed by atoms with Crippen LogP contribution in [0.1, 0.15) is 50.4 Å².